The van der Waals surface area contributed by atoms with Crippen LogP contribution in [0.15, 0.2) is 39.6 Å². The summed E-state index contributed by atoms with van der Waals surface area (Å²) in [6.45, 7) is 0. The van der Waals surface area contributed by atoms with Crippen LogP contribution in [-0.4, -0.2) is 18.2 Å². The molecule has 5 nitrogen and oxygen atoms in total. The number of ether oxygens (including phenoxy) is 1. The maximum atomic E-state index is 11.7. The first-order valence-corrected chi connectivity index (χ1v) is 5.13. The van der Waals surface area contributed by atoms with E-state index in [0.717, 1.165) is 6.08 Å². The summed E-state index contributed by atoms with van der Waals surface area (Å²) in [5.41, 5.74) is -0.531. The SMILES string of the molecule is COc1ccc2cc(/C=C/C(=O)O)oc(=O)c2c1. The summed E-state index contributed by atoms with van der Waals surface area (Å²) in [5.74, 6) is -0.351. The van der Waals surface area contributed by atoms with Crippen LogP contribution in [0.4, 0.5) is 0 Å². The molecule has 1 heterocycles. The normalized spacial score (nSPS) is 10.9. The van der Waals surface area contributed by atoms with Gasteiger partial charge in [0.05, 0.1) is 12.5 Å². The van der Waals surface area contributed by atoms with E-state index in [1.54, 1.807) is 24.3 Å². The van der Waals surface area contributed by atoms with Crippen LogP contribution < -0.4 is 10.4 Å². The van der Waals surface area contributed by atoms with Crippen LogP contribution in [0.2, 0.25) is 0 Å². The number of benzene rings is 1. The van der Waals surface area contributed by atoms with Gasteiger partial charge in [-0.3, -0.25) is 0 Å². The number of hydrogen-bond acceptors (Lipinski definition) is 4. The van der Waals surface area contributed by atoms with Gasteiger partial charge >= 0.3 is 11.6 Å². The molecule has 0 bridgehead atoms. The average molecular weight is 246 g/mol. The fraction of sp³-hybridized carbons (Fsp3) is 0.0769. The lowest BCUT2D eigenvalue weighted by molar-refractivity contribution is -0.131. The molecule has 5 heteroatoms. The molecule has 1 aromatic heterocycles. The largest absolute Gasteiger partial charge is 0.497 e. The van der Waals surface area contributed by atoms with E-state index in [9.17, 15) is 9.59 Å². The van der Waals surface area contributed by atoms with Gasteiger partial charge in [0.2, 0.25) is 0 Å². The Morgan fingerprint density at radius 3 is 2.83 bits per heavy atom. The molecule has 0 aliphatic carbocycles. The molecular formula is C13H10O5. The molecule has 0 spiro atoms. The van der Waals surface area contributed by atoms with E-state index in [4.69, 9.17) is 14.3 Å². The van der Waals surface area contributed by atoms with Crippen LogP contribution >= 0.6 is 0 Å². The first-order chi connectivity index (χ1) is 8.60. The van der Waals surface area contributed by atoms with Crippen molar-refractivity contribution in [1.82, 2.24) is 0 Å². The fourth-order valence-electron chi connectivity index (χ4n) is 1.55. The Kier molecular flexibility index (Phi) is 3.14. The number of carboxylic acids is 1. The maximum Gasteiger partial charge on any atom is 0.344 e. The van der Waals surface area contributed by atoms with E-state index in [2.05, 4.69) is 0 Å². The zero-order chi connectivity index (χ0) is 13.1. The van der Waals surface area contributed by atoms with Crippen LogP contribution in [-0.2, 0) is 4.79 Å². The Balaban J connectivity index is 2.57. The molecule has 0 radical (unpaired) electrons. The van der Waals surface area contributed by atoms with Gasteiger partial charge in [0, 0.05) is 6.08 Å². The molecule has 92 valence electrons. The molecule has 0 aliphatic rings. The number of fused-ring (bicyclic) bond motifs is 1. The number of aliphatic carboxylic acids is 1. The van der Waals surface area contributed by atoms with Crippen molar-refractivity contribution < 1.29 is 19.1 Å². The number of carboxylic acid groups (broad SMARTS) is 1. The molecule has 0 aliphatic heterocycles. The topological polar surface area (TPSA) is 76.7 Å². The molecular weight excluding hydrogens is 236 g/mol. The minimum absolute atomic E-state index is 0.195. The van der Waals surface area contributed by atoms with Crippen LogP contribution in [0.25, 0.3) is 16.8 Å². The second-order valence-electron chi connectivity index (χ2n) is 3.56. The van der Waals surface area contributed by atoms with E-state index in [-0.39, 0.29) is 5.76 Å². The quantitative estimate of drug-likeness (QED) is 0.837. The predicted octanol–water partition coefficient (Wildman–Crippen LogP) is 1.90. The first kappa shape index (κ1) is 11.9. The summed E-state index contributed by atoms with van der Waals surface area (Å²) >= 11 is 0. The summed E-state index contributed by atoms with van der Waals surface area (Å²) in [6.07, 6.45) is 2.14. The molecule has 0 fully saturated rings. The van der Waals surface area contributed by atoms with Crippen molar-refractivity contribution in [2.45, 2.75) is 0 Å². The van der Waals surface area contributed by atoms with Gasteiger partial charge in [-0.25, -0.2) is 9.59 Å². The zero-order valence-corrected chi connectivity index (χ0v) is 9.54. The Bertz CT molecular complexity index is 681. The second-order valence-corrected chi connectivity index (χ2v) is 3.56. The monoisotopic (exact) mass is 246 g/mol. The summed E-state index contributed by atoms with van der Waals surface area (Å²) in [5, 5.41) is 9.56. The number of carbonyl (C=O) groups is 1. The first-order valence-electron chi connectivity index (χ1n) is 5.13. The van der Waals surface area contributed by atoms with Gasteiger partial charge in [-0.1, -0.05) is 6.07 Å². The van der Waals surface area contributed by atoms with Gasteiger partial charge in [0.25, 0.3) is 0 Å². The Morgan fingerprint density at radius 2 is 2.17 bits per heavy atom. The molecule has 0 saturated carbocycles. The van der Waals surface area contributed by atoms with Crippen LogP contribution in [0.5, 0.6) is 5.75 Å². The fourth-order valence-corrected chi connectivity index (χ4v) is 1.55. The molecule has 2 rings (SSSR count). The molecule has 0 atom stereocenters. The van der Waals surface area contributed by atoms with E-state index < -0.39 is 11.6 Å². The number of rotatable bonds is 3. The van der Waals surface area contributed by atoms with Gasteiger partial charge in [-0.15, -0.1) is 0 Å². The highest BCUT2D eigenvalue weighted by Gasteiger charge is 2.04. The van der Waals surface area contributed by atoms with Gasteiger partial charge in [-0.2, -0.15) is 0 Å². The van der Waals surface area contributed by atoms with Crippen molar-refractivity contribution in [3.05, 3.63) is 46.5 Å². The molecule has 0 amide bonds. The van der Waals surface area contributed by atoms with E-state index in [1.807, 2.05) is 0 Å². The van der Waals surface area contributed by atoms with E-state index in [0.29, 0.717) is 16.5 Å². The minimum Gasteiger partial charge on any atom is -0.497 e. The highest BCUT2D eigenvalue weighted by Crippen LogP contribution is 2.19. The molecule has 1 aromatic carbocycles. The number of methoxy groups -OCH3 is 1. The lowest BCUT2D eigenvalue weighted by atomic mass is 10.1. The van der Waals surface area contributed by atoms with Crippen LogP contribution in [0.3, 0.4) is 0 Å². The molecule has 1 N–H and O–H groups in total. The third-order valence-electron chi connectivity index (χ3n) is 2.38. The third kappa shape index (κ3) is 2.40. The van der Waals surface area contributed by atoms with Crippen molar-refractivity contribution in [3.63, 3.8) is 0 Å². The molecule has 0 unspecified atom stereocenters. The Hall–Kier alpha value is -2.56. The van der Waals surface area contributed by atoms with Crippen molar-refractivity contribution >= 4 is 22.8 Å². The molecule has 0 saturated heterocycles. The summed E-state index contributed by atoms with van der Waals surface area (Å²) in [7, 11) is 1.51. The minimum atomic E-state index is -1.10. The summed E-state index contributed by atoms with van der Waals surface area (Å²) in [4.78, 5) is 22.1. The molecule has 18 heavy (non-hydrogen) atoms. The second kappa shape index (κ2) is 4.75. The summed E-state index contributed by atoms with van der Waals surface area (Å²) in [6, 6.07) is 6.59. The standard InChI is InChI=1S/C13H10O5/c1-17-9-3-2-8-6-10(4-5-12(14)15)18-13(16)11(8)7-9/h2-7H,1H3,(H,14,15)/b5-4+. The Morgan fingerprint density at radius 1 is 1.39 bits per heavy atom. The van der Waals surface area contributed by atoms with Gasteiger partial charge < -0.3 is 14.3 Å². The van der Waals surface area contributed by atoms with E-state index in [1.165, 1.54) is 13.2 Å². The number of hydrogen-bond donors (Lipinski definition) is 1. The smallest absolute Gasteiger partial charge is 0.344 e. The van der Waals surface area contributed by atoms with Crippen molar-refractivity contribution in [2.24, 2.45) is 0 Å². The average Bonchev–Trinajstić information content (AvgIpc) is 2.36. The van der Waals surface area contributed by atoms with Gasteiger partial charge in [0.1, 0.15) is 11.5 Å². The Labute approximate surface area is 102 Å². The maximum absolute atomic E-state index is 11.7. The zero-order valence-electron chi connectivity index (χ0n) is 9.54. The van der Waals surface area contributed by atoms with Crippen LogP contribution in [0.1, 0.15) is 5.76 Å². The molecule has 2 aromatic rings. The third-order valence-corrected chi connectivity index (χ3v) is 2.38. The van der Waals surface area contributed by atoms with Crippen molar-refractivity contribution in [2.75, 3.05) is 7.11 Å². The van der Waals surface area contributed by atoms with Crippen molar-refractivity contribution in [3.8, 4) is 5.75 Å². The predicted molar refractivity (Wildman–Crippen MR) is 65.7 cm³/mol. The lowest BCUT2D eigenvalue weighted by Crippen LogP contribution is -2.00. The highest BCUT2D eigenvalue weighted by atomic mass is 16.5. The lowest BCUT2D eigenvalue weighted by Gasteiger charge is -2.01. The summed E-state index contributed by atoms with van der Waals surface area (Å²) < 4.78 is 9.99. The highest BCUT2D eigenvalue weighted by molar-refractivity contribution is 5.87. The van der Waals surface area contributed by atoms with Crippen molar-refractivity contribution in [1.29, 1.82) is 0 Å². The van der Waals surface area contributed by atoms with Gasteiger partial charge in [0.15, 0.2) is 0 Å². The van der Waals surface area contributed by atoms with E-state index >= 15 is 0 Å². The van der Waals surface area contributed by atoms with Gasteiger partial charge in [-0.05, 0) is 29.7 Å². The van der Waals surface area contributed by atoms with Crippen LogP contribution in [0, 0.1) is 0 Å².